The summed E-state index contributed by atoms with van der Waals surface area (Å²) in [5.74, 6) is 0. The van der Waals surface area contributed by atoms with Crippen molar-refractivity contribution in [1.29, 1.82) is 0 Å². The number of rotatable bonds is 2. The fraction of sp³-hybridized carbons (Fsp3) is 0.188. The second-order valence-corrected chi connectivity index (χ2v) is 7.23. The van der Waals surface area contributed by atoms with Crippen molar-refractivity contribution in [3.63, 3.8) is 0 Å². The minimum Gasteiger partial charge on any atom is -0.288 e. The average Bonchev–Trinajstić information content (AvgIpc) is 2.52. The molecule has 0 N–H and O–H groups in total. The number of nitrogens with zero attached hydrogens (tertiary/aromatic N) is 2. The highest BCUT2D eigenvalue weighted by Crippen LogP contribution is 2.34. The van der Waals surface area contributed by atoms with E-state index in [1.165, 1.54) is 18.0 Å². The number of fused-ring (bicyclic) bond motifs is 1. The molecule has 5 nitrogen and oxygen atoms in total. The summed E-state index contributed by atoms with van der Waals surface area (Å²) in [7, 11) is -2.47. The van der Waals surface area contributed by atoms with Crippen molar-refractivity contribution in [2.75, 3.05) is 11.9 Å². The van der Waals surface area contributed by atoms with Crippen LogP contribution < -0.4 is 4.90 Å². The van der Waals surface area contributed by atoms with Gasteiger partial charge in [-0.25, -0.2) is 17.5 Å². The Morgan fingerprint density at radius 3 is 2.32 bits per heavy atom. The Morgan fingerprint density at radius 1 is 1.00 bits per heavy atom. The van der Waals surface area contributed by atoms with E-state index in [1.807, 2.05) is 31.2 Å². The van der Waals surface area contributed by atoms with Crippen molar-refractivity contribution in [2.45, 2.75) is 18.4 Å². The summed E-state index contributed by atoms with van der Waals surface area (Å²) < 4.78 is 25.5. The van der Waals surface area contributed by atoms with Crippen LogP contribution in [-0.4, -0.2) is 25.8 Å². The Hall–Kier alpha value is -2.34. The van der Waals surface area contributed by atoms with Gasteiger partial charge in [0.25, 0.3) is 10.0 Å². The maximum absolute atomic E-state index is 12.4. The fourth-order valence-electron chi connectivity index (χ4n) is 2.45. The summed E-state index contributed by atoms with van der Waals surface area (Å²) in [5, 5.41) is 0. The fourth-order valence-corrected chi connectivity index (χ4v) is 3.74. The maximum Gasteiger partial charge on any atom is 0.338 e. The van der Waals surface area contributed by atoms with E-state index in [2.05, 4.69) is 0 Å². The van der Waals surface area contributed by atoms with Crippen LogP contribution in [0.4, 0.5) is 10.5 Å². The summed E-state index contributed by atoms with van der Waals surface area (Å²) >= 11 is 0. The Morgan fingerprint density at radius 2 is 1.64 bits per heavy atom. The van der Waals surface area contributed by atoms with Gasteiger partial charge in [0.2, 0.25) is 0 Å². The third-order valence-electron chi connectivity index (χ3n) is 3.76. The Bertz CT molecular complexity index is 829. The quantitative estimate of drug-likeness (QED) is 0.856. The van der Waals surface area contributed by atoms with Gasteiger partial charge in [-0.05, 0) is 24.6 Å². The van der Waals surface area contributed by atoms with Crippen LogP contribution in [0, 0.1) is 6.92 Å². The van der Waals surface area contributed by atoms with E-state index in [9.17, 15) is 13.2 Å². The largest absolute Gasteiger partial charge is 0.338 e. The number of sulfonamides is 1. The molecule has 22 heavy (non-hydrogen) atoms. The highest BCUT2D eigenvalue weighted by atomic mass is 32.2. The summed E-state index contributed by atoms with van der Waals surface area (Å²) in [4.78, 5) is 14.1. The molecule has 0 aliphatic carbocycles. The summed E-state index contributed by atoms with van der Waals surface area (Å²) in [5.41, 5.74) is 2.50. The molecule has 0 aromatic heterocycles. The number of para-hydroxylation sites is 1. The third kappa shape index (κ3) is 2.25. The minimum atomic E-state index is -3.76. The number of aryl methyl sites for hydroxylation is 1. The van der Waals surface area contributed by atoms with Gasteiger partial charge in [-0.1, -0.05) is 42.0 Å². The normalized spacial score (nSPS) is 16.5. The van der Waals surface area contributed by atoms with Gasteiger partial charge in [0.1, 0.15) is 4.90 Å². The predicted octanol–water partition coefficient (Wildman–Crippen LogP) is 2.76. The molecule has 0 bridgehead atoms. The van der Waals surface area contributed by atoms with Crippen LogP contribution in [0.25, 0.3) is 0 Å². The van der Waals surface area contributed by atoms with Crippen molar-refractivity contribution in [3.8, 4) is 0 Å². The van der Waals surface area contributed by atoms with Gasteiger partial charge in [0, 0.05) is 7.05 Å². The molecule has 0 saturated heterocycles. The molecular weight excluding hydrogens is 300 g/mol. The number of urea groups is 1. The zero-order valence-corrected chi connectivity index (χ0v) is 13.2. The smallest absolute Gasteiger partial charge is 0.288 e. The van der Waals surface area contributed by atoms with Crippen molar-refractivity contribution in [2.24, 2.45) is 0 Å². The molecule has 2 amide bonds. The van der Waals surface area contributed by atoms with E-state index < -0.39 is 16.1 Å². The van der Waals surface area contributed by atoms with E-state index in [4.69, 9.17) is 0 Å². The lowest BCUT2D eigenvalue weighted by molar-refractivity contribution is 0.232. The topological polar surface area (TPSA) is 57.7 Å². The number of carbonyl (C=O) groups excluding carboxylic acids is 1. The molecule has 0 atom stereocenters. The molecule has 0 radical (unpaired) electrons. The lowest BCUT2D eigenvalue weighted by Crippen LogP contribution is -2.48. The van der Waals surface area contributed by atoms with Crippen LogP contribution in [0.15, 0.2) is 53.4 Å². The number of anilines is 1. The van der Waals surface area contributed by atoms with Crippen LogP contribution in [0.1, 0.15) is 11.1 Å². The van der Waals surface area contributed by atoms with Gasteiger partial charge in [-0.15, -0.1) is 0 Å². The Labute approximate surface area is 129 Å². The van der Waals surface area contributed by atoms with Gasteiger partial charge in [0.15, 0.2) is 0 Å². The molecule has 1 heterocycles. The first-order valence-corrected chi connectivity index (χ1v) is 8.30. The minimum absolute atomic E-state index is 0.157. The molecule has 0 fully saturated rings. The molecule has 1 aliphatic heterocycles. The van der Waals surface area contributed by atoms with Gasteiger partial charge in [-0.3, -0.25) is 4.90 Å². The van der Waals surface area contributed by atoms with E-state index in [0.29, 0.717) is 12.2 Å². The van der Waals surface area contributed by atoms with E-state index >= 15 is 0 Å². The number of benzene rings is 2. The first-order valence-electron chi connectivity index (χ1n) is 6.86. The Balaban J connectivity index is 2.07. The first-order chi connectivity index (χ1) is 10.4. The number of hydrogen-bond donors (Lipinski definition) is 0. The van der Waals surface area contributed by atoms with Gasteiger partial charge >= 0.3 is 6.03 Å². The molecule has 2 aromatic rings. The first kappa shape index (κ1) is 14.6. The van der Waals surface area contributed by atoms with Crippen molar-refractivity contribution in [3.05, 3.63) is 59.7 Å². The third-order valence-corrected chi connectivity index (χ3v) is 5.53. The molecule has 1 aliphatic rings. The molecule has 0 spiro atoms. The summed E-state index contributed by atoms with van der Waals surface area (Å²) in [6.45, 7) is 2.32. The van der Waals surface area contributed by atoms with Crippen LogP contribution in [0.2, 0.25) is 0 Å². The molecule has 2 aromatic carbocycles. The maximum atomic E-state index is 12.4. The monoisotopic (exact) mass is 316 g/mol. The number of amides is 2. The molecule has 3 rings (SSSR count). The SMILES string of the molecule is Cc1ccc(CN2C(=O)N(C)S(=O)(=O)c3ccccc32)cc1. The molecular formula is C16H16N2O3S. The van der Waals surface area contributed by atoms with E-state index in [0.717, 1.165) is 15.4 Å². The standard InChI is InChI=1S/C16H16N2O3S/c1-12-7-9-13(10-8-12)11-18-14-5-3-4-6-15(14)22(20,21)17(2)16(18)19/h3-10H,11H2,1-2H3. The number of hydrogen-bond acceptors (Lipinski definition) is 3. The molecule has 6 heteroatoms. The second-order valence-electron chi connectivity index (χ2n) is 5.29. The van der Waals surface area contributed by atoms with E-state index in [-0.39, 0.29) is 4.90 Å². The van der Waals surface area contributed by atoms with E-state index in [1.54, 1.807) is 18.2 Å². The van der Waals surface area contributed by atoms with Crippen LogP contribution >= 0.6 is 0 Å². The summed E-state index contributed by atoms with van der Waals surface area (Å²) in [6, 6.07) is 13.8. The van der Waals surface area contributed by atoms with Crippen molar-refractivity contribution in [1.82, 2.24) is 4.31 Å². The molecule has 114 valence electrons. The van der Waals surface area contributed by atoms with Crippen LogP contribution in [0.3, 0.4) is 0 Å². The Kier molecular flexibility index (Phi) is 3.41. The van der Waals surface area contributed by atoms with Gasteiger partial charge in [0.05, 0.1) is 12.2 Å². The molecule has 0 unspecified atom stereocenters. The van der Waals surface area contributed by atoms with Crippen LogP contribution in [0.5, 0.6) is 0 Å². The van der Waals surface area contributed by atoms with Crippen molar-refractivity contribution >= 4 is 21.7 Å². The zero-order chi connectivity index (χ0) is 15.9. The highest BCUT2D eigenvalue weighted by Gasteiger charge is 2.38. The van der Waals surface area contributed by atoms with Gasteiger partial charge in [-0.2, -0.15) is 0 Å². The number of carbonyl (C=O) groups is 1. The lowest BCUT2D eigenvalue weighted by Gasteiger charge is -2.34. The lowest BCUT2D eigenvalue weighted by atomic mass is 10.1. The summed E-state index contributed by atoms with van der Waals surface area (Å²) in [6.07, 6.45) is 0. The average molecular weight is 316 g/mol. The van der Waals surface area contributed by atoms with Crippen LogP contribution in [-0.2, 0) is 16.6 Å². The molecule has 0 saturated carbocycles. The van der Waals surface area contributed by atoms with Gasteiger partial charge < -0.3 is 0 Å². The second kappa shape index (κ2) is 5.14. The highest BCUT2D eigenvalue weighted by molar-refractivity contribution is 7.90. The predicted molar refractivity (Wildman–Crippen MR) is 84.1 cm³/mol. The zero-order valence-electron chi connectivity index (χ0n) is 12.4. The van der Waals surface area contributed by atoms with Crippen molar-refractivity contribution < 1.29 is 13.2 Å².